The predicted molar refractivity (Wildman–Crippen MR) is 68.1 cm³/mol. The summed E-state index contributed by atoms with van der Waals surface area (Å²) in [5.74, 6) is -0.568. The van der Waals surface area contributed by atoms with E-state index in [1.165, 1.54) is 13.0 Å². The van der Waals surface area contributed by atoms with Crippen LogP contribution in [0.1, 0.15) is 12.5 Å². The number of nitrogens with zero attached hydrogens (tertiary/aromatic N) is 2. The van der Waals surface area contributed by atoms with Gasteiger partial charge >= 0.3 is 11.7 Å². The van der Waals surface area contributed by atoms with Gasteiger partial charge in [0, 0.05) is 6.54 Å². The number of hydrogen-bond donors (Lipinski definition) is 4. The fraction of sp³-hybridized carbons (Fsp3) is 0.200. The summed E-state index contributed by atoms with van der Waals surface area (Å²) in [5, 5.41) is 13.4. The van der Waals surface area contributed by atoms with Crippen LogP contribution in [0, 0.1) is 0 Å². The zero-order chi connectivity index (χ0) is 14.6. The lowest BCUT2D eigenvalue weighted by Crippen LogP contribution is -2.34. The van der Waals surface area contributed by atoms with E-state index in [0.717, 1.165) is 4.57 Å². The minimum Gasteiger partial charge on any atom is -0.494 e. The number of H-pyrrole nitrogens is 1. The molecule has 0 unspecified atom stereocenters. The molecule has 9 heteroatoms. The third kappa shape index (κ3) is 3.09. The van der Waals surface area contributed by atoms with Crippen molar-refractivity contribution in [3.05, 3.63) is 39.1 Å². The van der Waals surface area contributed by atoms with Crippen LogP contribution in [0.15, 0.2) is 27.3 Å². The van der Waals surface area contributed by atoms with E-state index in [1.54, 1.807) is 0 Å². The first kappa shape index (κ1) is 14.2. The average Bonchev–Trinajstić information content (AvgIpc) is 2.31. The van der Waals surface area contributed by atoms with Crippen molar-refractivity contribution < 1.29 is 9.90 Å². The zero-order valence-electron chi connectivity index (χ0n) is 10.1. The normalized spacial score (nSPS) is 11.1. The van der Waals surface area contributed by atoms with E-state index in [9.17, 15) is 19.5 Å². The summed E-state index contributed by atoms with van der Waals surface area (Å²) in [4.78, 5) is 35.6. The lowest BCUT2D eigenvalue weighted by molar-refractivity contribution is 0.249. The van der Waals surface area contributed by atoms with Crippen LogP contribution in [0.4, 0.5) is 4.79 Å². The van der Waals surface area contributed by atoms with Crippen molar-refractivity contribution >= 4 is 11.7 Å². The Kier molecular flexibility index (Phi) is 4.24. The molecule has 1 aromatic rings. The second-order valence-electron chi connectivity index (χ2n) is 3.53. The van der Waals surface area contributed by atoms with Gasteiger partial charge in [0.15, 0.2) is 0 Å². The Hall–Kier alpha value is -2.84. The number of rotatable bonds is 4. The molecule has 0 spiro atoms. The van der Waals surface area contributed by atoms with Crippen LogP contribution >= 0.6 is 0 Å². The van der Waals surface area contributed by atoms with Crippen molar-refractivity contribution in [2.75, 3.05) is 0 Å². The number of carbonyl (C=O) groups excluding carboxylic acids is 1. The summed E-state index contributed by atoms with van der Waals surface area (Å²) < 4.78 is 0.896. The number of hydrazone groups is 1. The van der Waals surface area contributed by atoms with E-state index in [4.69, 9.17) is 5.73 Å². The summed E-state index contributed by atoms with van der Waals surface area (Å²) >= 11 is 0. The number of aromatic amines is 1. The highest BCUT2D eigenvalue weighted by Gasteiger charge is 2.16. The molecule has 102 valence electrons. The number of hydrogen-bond acceptors (Lipinski definition) is 5. The first-order valence-corrected chi connectivity index (χ1v) is 5.15. The fourth-order valence-electron chi connectivity index (χ4n) is 1.38. The molecule has 0 aliphatic rings. The summed E-state index contributed by atoms with van der Waals surface area (Å²) in [6.07, 6.45) is 1.37. The molecule has 0 aliphatic heterocycles. The minimum absolute atomic E-state index is 0.00429. The maximum atomic E-state index is 11.6. The van der Waals surface area contributed by atoms with Crippen LogP contribution in [-0.2, 0) is 6.54 Å². The van der Waals surface area contributed by atoms with Gasteiger partial charge in [0.05, 0.1) is 5.71 Å². The number of amides is 2. The van der Waals surface area contributed by atoms with Crippen molar-refractivity contribution in [2.24, 2.45) is 10.8 Å². The Bertz CT molecular complexity index is 655. The zero-order valence-corrected chi connectivity index (χ0v) is 10.1. The third-order valence-corrected chi connectivity index (χ3v) is 2.18. The standard InChI is InChI=1S/C10H13N5O4/c1-3-4-15-8(17)6(7(16)12-10(15)19)5(2)13-14-9(11)18/h3,17H,1,4H2,2H3,(H3,11,14,18)(H,12,16,19)/b13-5+. The molecular weight excluding hydrogens is 254 g/mol. The Morgan fingerprint density at radius 2 is 2.26 bits per heavy atom. The second-order valence-corrected chi connectivity index (χ2v) is 3.53. The van der Waals surface area contributed by atoms with Crippen molar-refractivity contribution in [1.82, 2.24) is 15.0 Å². The molecule has 0 saturated heterocycles. The number of aromatic nitrogens is 2. The highest BCUT2D eigenvalue weighted by atomic mass is 16.3. The number of carbonyl (C=O) groups is 1. The van der Waals surface area contributed by atoms with Gasteiger partial charge in [-0.15, -0.1) is 6.58 Å². The summed E-state index contributed by atoms with van der Waals surface area (Å²) in [6, 6.07) is -0.922. The van der Waals surface area contributed by atoms with Crippen LogP contribution in [0.25, 0.3) is 0 Å². The van der Waals surface area contributed by atoms with E-state index >= 15 is 0 Å². The Balaban J connectivity index is 3.43. The molecule has 1 aromatic heterocycles. The number of nitrogens with one attached hydrogen (secondary N) is 2. The number of urea groups is 1. The topological polar surface area (TPSA) is 143 Å². The molecule has 0 atom stereocenters. The Labute approximate surface area is 107 Å². The van der Waals surface area contributed by atoms with Gasteiger partial charge in [-0.1, -0.05) is 6.08 Å². The van der Waals surface area contributed by atoms with Crippen molar-refractivity contribution in [2.45, 2.75) is 13.5 Å². The van der Waals surface area contributed by atoms with E-state index in [-0.39, 0.29) is 17.8 Å². The highest BCUT2D eigenvalue weighted by molar-refractivity contribution is 6.00. The highest BCUT2D eigenvalue weighted by Crippen LogP contribution is 2.10. The maximum Gasteiger partial charge on any atom is 0.332 e. The van der Waals surface area contributed by atoms with Gasteiger partial charge in [-0.3, -0.25) is 14.3 Å². The maximum absolute atomic E-state index is 11.6. The molecule has 0 aliphatic carbocycles. The van der Waals surface area contributed by atoms with E-state index in [2.05, 4.69) is 11.7 Å². The SMILES string of the molecule is C=CCn1c(O)c(/C(C)=N/NC(N)=O)c(=O)[nH]c1=O. The fourth-order valence-corrected chi connectivity index (χ4v) is 1.38. The lowest BCUT2D eigenvalue weighted by atomic mass is 10.2. The van der Waals surface area contributed by atoms with E-state index in [0.29, 0.717) is 0 Å². The molecule has 0 fully saturated rings. The van der Waals surface area contributed by atoms with Crippen LogP contribution in [-0.4, -0.2) is 26.4 Å². The molecule has 1 rings (SSSR count). The molecule has 0 bridgehead atoms. The number of nitrogens with two attached hydrogens (primary N) is 1. The molecule has 0 radical (unpaired) electrons. The first-order valence-electron chi connectivity index (χ1n) is 5.15. The number of primary amides is 1. The van der Waals surface area contributed by atoms with E-state index in [1.807, 2.05) is 10.4 Å². The van der Waals surface area contributed by atoms with E-state index < -0.39 is 23.2 Å². The molecule has 19 heavy (non-hydrogen) atoms. The lowest BCUT2D eigenvalue weighted by Gasteiger charge is -2.09. The van der Waals surface area contributed by atoms with Gasteiger partial charge in [0.2, 0.25) is 5.88 Å². The average molecular weight is 267 g/mol. The molecule has 0 saturated carbocycles. The molecule has 0 aromatic carbocycles. The second kappa shape index (κ2) is 5.67. The van der Waals surface area contributed by atoms with Crippen LogP contribution in [0.5, 0.6) is 5.88 Å². The van der Waals surface area contributed by atoms with Gasteiger partial charge in [0.1, 0.15) is 5.56 Å². The van der Waals surface area contributed by atoms with Crippen LogP contribution in [0.3, 0.4) is 0 Å². The molecule has 1 heterocycles. The van der Waals surface area contributed by atoms with Crippen LogP contribution < -0.4 is 22.4 Å². The number of allylic oxidation sites excluding steroid dienone is 1. The van der Waals surface area contributed by atoms with Crippen LogP contribution in [0.2, 0.25) is 0 Å². The smallest absolute Gasteiger partial charge is 0.332 e. The van der Waals surface area contributed by atoms with Gasteiger partial charge in [0.25, 0.3) is 5.56 Å². The van der Waals surface area contributed by atoms with Gasteiger partial charge < -0.3 is 10.8 Å². The minimum atomic E-state index is -0.922. The largest absolute Gasteiger partial charge is 0.494 e. The van der Waals surface area contributed by atoms with Gasteiger partial charge in [-0.2, -0.15) is 5.10 Å². The Morgan fingerprint density at radius 3 is 2.79 bits per heavy atom. The predicted octanol–water partition coefficient (Wildman–Crippen LogP) is -1.18. The van der Waals surface area contributed by atoms with Crippen molar-refractivity contribution in [3.63, 3.8) is 0 Å². The number of aromatic hydroxyl groups is 1. The summed E-state index contributed by atoms with van der Waals surface area (Å²) in [6.45, 7) is 4.80. The summed E-state index contributed by atoms with van der Waals surface area (Å²) in [7, 11) is 0. The first-order chi connectivity index (χ1) is 8.88. The third-order valence-electron chi connectivity index (χ3n) is 2.18. The molecular formula is C10H13N5O4. The molecule has 5 N–H and O–H groups in total. The van der Waals surface area contributed by atoms with Crippen molar-refractivity contribution in [1.29, 1.82) is 0 Å². The van der Waals surface area contributed by atoms with Gasteiger partial charge in [-0.05, 0) is 6.92 Å². The quantitative estimate of drug-likeness (QED) is 0.309. The molecule has 9 nitrogen and oxygen atoms in total. The molecule has 2 amide bonds. The monoisotopic (exact) mass is 267 g/mol. The summed E-state index contributed by atoms with van der Waals surface area (Å²) in [5.41, 5.74) is 4.90. The Morgan fingerprint density at radius 1 is 1.63 bits per heavy atom. The van der Waals surface area contributed by atoms with Gasteiger partial charge in [-0.25, -0.2) is 15.0 Å². The van der Waals surface area contributed by atoms with Crippen molar-refractivity contribution in [3.8, 4) is 5.88 Å².